The lowest BCUT2D eigenvalue weighted by atomic mass is 9.61. The fourth-order valence-electron chi connectivity index (χ4n) is 5.17. The van der Waals surface area contributed by atoms with E-state index in [4.69, 9.17) is 16.7 Å². The summed E-state index contributed by atoms with van der Waals surface area (Å²) in [5, 5.41) is 19.7. The second-order valence-electron chi connectivity index (χ2n) is 9.42. The van der Waals surface area contributed by atoms with Crippen LogP contribution in [0, 0.1) is 11.3 Å². The molecule has 3 aliphatic rings. The van der Waals surface area contributed by atoms with Crippen molar-refractivity contribution in [3.8, 4) is 0 Å². The molecule has 0 amide bonds. The smallest absolute Gasteiger partial charge is 0.303 e. The molecule has 1 saturated heterocycles. The highest BCUT2D eigenvalue weighted by molar-refractivity contribution is 6.21. The van der Waals surface area contributed by atoms with Gasteiger partial charge >= 0.3 is 5.97 Å². The Morgan fingerprint density at radius 2 is 2.00 bits per heavy atom. The van der Waals surface area contributed by atoms with Gasteiger partial charge in [-0.05, 0) is 82.2 Å². The molecule has 160 valence electrons. The van der Waals surface area contributed by atoms with E-state index in [1.165, 1.54) is 38.5 Å². The van der Waals surface area contributed by atoms with Crippen LogP contribution in [0.5, 0.6) is 0 Å². The highest BCUT2D eigenvalue weighted by Gasteiger charge is 2.46. The standard InChI is InChI=1S/C23H38ClNO3/c24-19-12-16-25(20(19)7-3-1-2-4-9-22(27)28)15-5-8-21(26)23(13-6-14-23)17-18-10-11-18/h1,3,18-21,26H,2,4-17H2,(H,27,28)/t19-,20+,21?/m1/s1. The van der Waals surface area contributed by atoms with Crippen molar-refractivity contribution < 1.29 is 15.0 Å². The van der Waals surface area contributed by atoms with E-state index in [0.717, 1.165) is 51.1 Å². The van der Waals surface area contributed by atoms with Crippen LogP contribution in [0.3, 0.4) is 0 Å². The van der Waals surface area contributed by atoms with Crippen molar-refractivity contribution in [3.05, 3.63) is 12.2 Å². The molecule has 0 aromatic carbocycles. The summed E-state index contributed by atoms with van der Waals surface area (Å²) < 4.78 is 0. The maximum Gasteiger partial charge on any atom is 0.303 e. The number of aliphatic hydroxyl groups is 1. The molecule has 3 atom stereocenters. The van der Waals surface area contributed by atoms with Crippen LogP contribution in [-0.2, 0) is 4.79 Å². The Kier molecular flexibility index (Phi) is 8.25. The molecule has 28 heavy (non-hydrogen) atoms. The van der Waals surface area contributed by atoms with Crippen LogP contribution < -0.4 is 0 Å². The van der Waals surface area contributed by atoms with Gasteiger partial charge in [0.25, 0.3) is 0 Å². The molecule has 0 spiro atoms. The Morgan fingerprint density at radius 1 is 1.21 bits per heavy atom. The third-order valence-corrected chi connectivity index (χ3v) is 7.76. The van der Waals surface area contributed by atoms with Crippen LogP contribution in [0.15, 0.2) is 12.2 Å². The van der Waals surface area contributed by atoms with Gasteiger partial charge in [0.2, 0.25) is 0 Å². The van der Waals surface area contributed by atoms with Crippen LogP contribution in [-0.4, -0.2) is 51.7 Å². The van der Waals surface area contributed by atoms with Gasteiger partial charge in [-0.2, -0.15) is 0 Å². The fourth-order valence-corrected chi connectivity index (χ4v) is 5.53. The molecule has 0 radical (unpaired) electrons. The summed E-state index contributed by atoms with van der Waals surface area (Å²) in [6, 6.07) is 0.374. The van der Waals surface area contributed by atoms with Gasteiger partial charge in [-0.15, -0.1) is 11.6 Å². The number of nitrogens with zero attached hydrogens (tertiary/aromatic N) is 1. The predicted octanol–water partition coefficient (Wildman–Crippen LogP) is 4.98. The fraction of sp³-hybridized carbons (Fsp3) is 0.870. The van der Waals surface area contributed by atoms with Gasteiger partial charge in [0.1, 0.15) is 0 Å². The topological polar surface area (TPSA) is 60.8 Å². The first-order valence-electron chi connectivity index (χ1n) is 11.4. The minimum atomic E-state index is -0.723. The summed E-state index contributed by atoms with van der Waals surface area (Å²) in [6.07, 6.45) is 17.6. The Bertz CT molecular complexity index is 530. The van der Waals surface area contributed by atoms with E-state index in [2.05, 4.69) is 17.1 Å². The minimum Gasteiger partial charge on any atom is -0.481 e. The first kappa shape index (κ1) is 22.1. The first-order valence-corrected chi connectivity index (χ1v) is 11.9. The number of carboxylic acids is 1. The van der Waals surface area contributed by atoms with E-state index in [0.29, 0.717) is 12.5 Å². The number of hydrogen-bond donors (Lipinski definition) is 2. The number of unbranched alkanes of at least 4 members (excludes halogenated alkanes) is 1. The molecule has 1 heterocycles. The third kappa shape index (κ3) is 6.21. The molecule has 3 rings (SSSR count). The molecule has 1 unspecified atom stereocenters. The molecular formula is C23H38ClNO3. The number of allylic oxidation sites excluding steroid dienone is 1. The third-order valence-electron chi connectivity index (χ3n) is 7.26. The monoisotopic (exact) mass is 411 g/mol. The number of likely N-dealkylation sites (tertiary alicyclic amines) is 1. The van der Waals surface area contributed by atoms with Crippen molar-refractivity contribution in [1.29, 1.82) is 0 Å². The maximum absolute atomic E-state index is 10.9. The van der Waals surface area contributed by atoms with Crippen LogP contribution >= 0.6 is 11.6 Å². The van der Waals surface area contributed by atoms with E-state index in [1.54, 1.807) is 0 Å². The van der Waals surface area contributed by atoms with Gasteiger partial charge in [0.05, 0.1) is 11.5 Å². The lowest BCUT2D eigenvalue weighted by Crippen LogP contribution is -2.42. The summed E-state index contributed by atoms with van der Waals surface area (Å²) in [7, 11) is 0. The average Bonchev–Trinajstić information content (AvgIpc) is 3.38. The highest BCUT2D eigenvalue weighted by Crippen LogP contribution is 2.53. The van der Waals surface area contributed by atoms with E-state index in [-0.39, 0.29) is 23.3 Å². The van der Waals surface area contributed by atoms with Crippen LogP contribution in [0.1, 0.15) is 83.5 Å². The number of halogens is 1. The van der Waals surface area contributed by atoms with Gasteiger partial charge in [-0.1, -0.05) is 31.4 Å². The van der Waals surface area contributed by atoms with Gasteiger partial charge in [-0.25, -0.2) is 0 Å². The number of carboxylic acid groups (broad SMARTS) is 1. The zero-order valence-electron chi connectivity index (χ0n) is 17.2. The predicted molar refractivity (Wildman–Crippen MR) is 114 cm³/mol. The largest absolute Gasteiger partial charge is 0.481 e. The Hall–Kier alpha value is -0.580. The molecule has 0 bridgehead atoms. The number of aliphatic carboxylic acids is 1. The van der Waals surface area contributed by atoms with E-state index >= 15 is 0 Å². The molecule has 2 aliphatic carbocycles. The van der Waals surface area contributed by atoms with Crippen molar-refractivity contribution in [2.75, 3.05) is 13.1 Å². The minimum absolute atomic E-state index is 0.121. The van der Waals surface area contributed by atoms with Gasteiger partial charge in [-0.3, -0.25) is 9.69 Å². The second kappa shape index (κ2) is 10.4. The lowest BCUT2D eigenvalue weighted by molar-refractivity contribution is -0.137. The number of alkyl halides is 1. The molecule has 0 aromatic rings. The Balaban J connectivity index is 1.36. The summed E-state index contributed by atoms with van der Waals surface area (Å²) in [5.41, 5.74) is 0.249. The van der Waals surface area contributed by atoms with Gasteiger partial charge in [0.15, 0.2) is 0 Å². The average molecular weight is 412 g/mol. The SMILES string of the molecule is O=C(O)CCCC=CC[C@H]1[C@H](Cl)CCN1CCCC(O)C1(CC2CC2)CCC1. The number of aliphatic hydroxyl groups excluding tert-OH is 1. The van der Waals surface area contributed by atoms with Crippen molar-refractivity contribution in [2.45, 2.75) is 101 Å². The zero-order valence-corrected chi connectivity index (χ0v) is 18.0. The summed E-state index contributed by atoms with van der Waals surface area (Å²) in [4.78, 5) is 13.1. The number of carbonyl (C=O) groups is 1. The second-order valence-corrected chi connectivity index (χ2v) is 9.98. The normalized spacial score (nSPS) is 28.5. The number of hydrogen-bond acceptors (Lipinski definition) is 3. The maximum atomic E-state index is 10.9. The first-order chi connectivity index (χ1) is 13.5. The molecule has 2 N–H and O–H groups in total. The quantitative estimate of drug-likeness (QED) is 0.255. The summed E-state index contributed by atoms with van der Waals surface area (Å²) in [6.45, 7) is 2.08. The molecule has 0 aromatic heterocycles. The van der Waals surface area contributed by atoms with Crippen molar-refractivity contribution in [1.82, 2.24) is 4.90 Å². The summed E-state index contributed by atoms with van der Waals surface area (Å²) >= 11 is 6.56. The lowest BCUT2D eigenvalue weighted by Gasteiger charge is -2.46. The molecule has 4 nitrogen and oxygen atoms in total. The Labute approximate surface area is 175 Å². The van der Waals surface area contributed by atoms with E-state index in [9.17, 15) is 9.90 Å². The Morgan fingerprint density at radius 3 is 2.64 bits per heavy atom. The highest BCUT2D eigenvalue weighted by atomic mass is 35.5. The van der Waals surface area contributed by atoms with Crippen LogP contribution in [0.4, 0.5) is 0 Å². The zero-order chi connectivity index (χ0) is 20.0. The van der Waals surface area contributed by atoms with Crippen molar-refractivity contribution >= 4 is 17.6 Å². The molecule has 1 aliphatic heterocycles. The number of rotatable bonds is 13. The molecule has 5 heteroatoms. The molecule has 3 fully saturated rings. The van der Waals surface area contributed by atoms with Crippen LogP contribution in [0.2, 0.25) is 0 Å². The van der Waals surface area contributed by atoms with E-state index < -0.39 is 5.97 Å². The van der Waals surface area contributed by atoms with Crippen molar-refractivity contribution in [2.24, 2.45) is 11.3 Å². The molecular weight excluding hydrogens is 374 g/mol. The van der Waals surface area contributed by atoms with E-state index in [1.807, 2.05) is 0 Å². The van der Waals surface area contributed by atoms with Crippen molar-refractivity contribution in [3.63, 3.8) is 0 Å². The van der Waals surface area contributed by atoms with Crippen LogP contribution in [0.25, 0.3) is 0 Å². The van der Waals surface area contributed by atoms with Gasteiger partial charge < -0.3 is 10.2 Å². The van der Waals surface area contributed by atoms with Gasteiger partial charge in [0, 0.05) is 12.5 Å². The molecule has 2 saturated carbocycles. The summed E-state index contributed by atoms with van der Waals surface area (Å²) in [5.74, 6) is 0.177.